The van der Waals surface area contributed by atoms with Crippen molar-refractivity contribution in [1.29, 1.82) is 0 Å². The molecule has 1 aromatic rings. The average molecular weight is 236 g/mol. The van der Waals surface area contributed by atoms with Gasteiger partial charge in [-0.1, -0.05) is 26.7 Å². The van der Waals surface area contributed by atoms with Crippen LogP contribution in [0.3, 0.4) is 0 Å². The van der Waals surface area contributed by atoms with Crippen molar-refractivity contribution in [3.05, 3.63) is 12.2 Å². The summed E-state index contributed by atoms with van der Waals surface area (Å²) in [7, 11) is 0. The van der Waals surface area contributed by atoms with E-state index < -0.39 is 0 Å². The molecule has 4 nitrogen and oxygen atoms in total. The predicted molar refractivity (Wildman–Crippen MR) is 68.5 cm³/mol. The molecule has 96 valence electrons. The van der Waals surface area contributed by atoms with Crippen molar-refractivity contribution in [2.24, 2.45) is 11.8 Å². The second kappa shape index (κ2) is 6.15. The van der Waals surface area contributed by atoms with Gasteiger partial charge in [0.05, 0.1) is 6.54 Å². The van der Waals surface area contributed by atoms with Crippen LogP contribution in [-0.4, -0.2) is 21.3 Å². The van der Waals surface area contributed by atoms with Gasteiger partial charge in [-0.15, -0.1) is 0 Å². The third-order valence-electron chi connectivity index (χ3n) is 3.42. The second-order valence-electron chi connectivity index (χ2n) is 5.53. The lowest BCUT2D eigenvalue weighted by atomic mass is 10.1. The second-order valence-corrected chi connectivity index (χ2v) is 5.53. The van der Waals surface area contributed by atoms with Gasteiger partial charge in [0.2, 0.25) is 0 Å². The van der Waals surface area contributed by atoms with Gasteiger partial charge in [-0.2, -0.15) is 5.10 Å². The highest BCUT2D eigenvalue weighted by Gasteiger charge is 2.14. The van der Waals surface area contributed by atoms with E-state index in [4.69, 9.17) is 0 Å². The van der Waals surface area contributed by atoms with E-state index in [1.54, 1.807) is 6.33 Å². The van der Waals surface area contributed by atoms with Crippen LogP contribution in [0.2, 0.25) is 0 Å². The molecule has 0 bridgehead atoms. The summed E-state index contributed by atoms with van der Waals surface area (Å²) in [4.78, 5) is 4.32. The van der Waals surface area contributed by atoms with Gasteiger partial charge in [-0.05, 0) is 31.2 Å². The molecule has 1 fully saturated rings. The smallest absolute Gasteiger partial charge is 0.140 e. The molecule has 0 atom stereocenters. The van der Waals surface area contributed by atoms with Gasteiger partial charge in [-0.25, -0.2) is 9.67 Å². The Balaban J connectivity index is 1.75. The van der Waals surface area contributed by atoms with E-state index in [9.17, 15) is 0 Å². The zero-order valence-electron chi connectivity index (χ0n) is 11.0. The average Bonchev–Trinajstić information content (AvgIpc) is 2.90. The lowest BCUT2D eigenvalue weighted by Crippen LogP contribution is -2.23. The largest absolute Gasteiger partial charge is 0.310 e. The first-order chi connectivity index (χ1) is 8.25. The van der Waals surface area contributed by atoms with Gasteiger partial charge in [0.15, 0.2) is 0 Å². The zero-order valence-corrected chi connectivity index (χ0v) is 11.0. The fraction of sp³-hybridized carbons (Fsp3) is 0.846. The van der Waals surface area contributed by atoms with Crippen LogP contribution in [0.1, 0.15) is 45.4 Å². The molecule has 1 aliphatic rings. The van der Waals surface area contributed by atoms with Crippen LogP contribution in [0.25, 0.3) is 0 Å². The summed E-state index contributed by atoms with van der Waals surface area (Å²) in [5.74, 6) is 2.57. The molecule has 4 heteroatoms. The van der Waals surface area contributed by atoms with Crippen LogP contribution < -0.4 is 5.32 Å². The molecular weight excluding hydrogens is 212 g/mol. The first kappa shape index (κ1) is 12.6. The highest BCUT2D eigenvalue weighted by atomic mass is 15.3. The number of nitrogens with one attached hydrogen (secondary N) is 1. The summed E-state index contributed by atoms with van der Waals surface area (Å²) < 4.78 is 2.02. The Bertz CT molecular complexity index is 326. The minimum Gasteiger partial charge on any atom is -0.310 e. The molecule has 0 aliphatic heterocycles. The van der Waals surface area contributed by atoms with Crippen molar-refractivity contribution >= 4 is 0 Å². The first-order valence-electron chi connectivity index (χ1n) is 6.83. The van der Waals surface area contributed by atoms with E-state index in [0.29, 0.717) is 5.92 Å². The predicted octanol–water partition coefficient (Wildman–Crippen LogP) is 2.21. The topological polar surface area (TPSA) is 42.7 Å². The summed E-state index contributed by atoms with van der Waals surface area (Å²) >= 11 is 0. The van der Waals surface area contributed by atoms with E-state index >= 15 is 0 Å². The molecule has 1 aromatic heterocycles. The van der Waals surface area contributed by atoms with Crippen LogP contribution in [0.4, 0.5) is 0 Å². The van der Waals surface area contributed by atoms with Gasteiger partial charge in [0.25, 0.3) is 0 Å². The third-order valence-corrected chi connectivity index (χ3v) is 3.42. The summed E-state index contributed by atoms with van der Waals surface area (Å²) in [6.07, 6.45) is 7.28. The normalized spacial score (nSPS) is 17.1. The molecule has 1 saturated carbocycles. The highest BCUT2D eigenvalue weighted by molar-refractivity contribution is 4.84. The summed E-state index contributed by atoms with van der Waals surface area (Å²) in [5.41, 5.74) is 0. The van der Waals surface area contributed by atoms with Gasteiger partial charge >= 0.3 is 0 Å². The maximum absolute atomic E-state index is 4.32. The molecule has 0 unspecified atom stereocenters. The third kappa shape index (κ3) is 3.80. The summed E-state index contributed by atoms with van der Waals surface area (Å²) in [6, 6.07) is 0. The van der Waals surface area contributed by atoms with Crippen LogP contribution in [0, 0.1) is 11.8 Å². The molecule has 0 aromatic carbocycles. The van der Waals surface area contributed by atoms with Crippen molar-refractivity contribution in [2.75, 3.05) is 6.54 Å². The Morgan fingerprint density at radius 2 is 2.18 bits per heavy atom. The minimum absolute atomic E-state index is 0.616. The summed E-state index contributed by atoms with van der Waals surface area (Å²) in [5, 5.41) is 7.79. The van der Waals surface area contributed by atoms with E-state index in [1.807, 2.05) is 4.68 Å². The number of nitrogens with zero attached hydrogens (tertiary/aromatic N) is 3. The highest BCUT2D eigenvalue weighted by Crippen LogP contribution is 2.23. The number of hydrogen-bond donors (Lipinski definition) is 1. The summed E-state index contributed by atoms with van der Waals surface area (Å²) in [6.45, 7) is 7.35. The van der Waals surface area contributed by atoms with Crippen molar-refractivity contribution in [3.63, 3.8) is 0 Å². The molecule has 1 N–H and O–H groups in total. The van der Waals surface area contributed by atoms with Crippen LogP contribution in [0.5, 0.6) is 0 Å². The Labute approximate surface area is 104 Å². The standard InChI is InChI=1S/C13H24N4/c1-11(2)9-17-13(15-10-16-17)8-14-7-12-5-3-4-6-12/h10-12,14H,3-9H2,1-2H3. The molecule has 17 heavy (non-hydrogen) atoms. The fourth-order valence-corrected chi connectivity index (χ4v) is 2.53. The monoisotopic (exact) mass is 236 g/mol. The molecule has 0 spiro atoms. The molecule has 0 saturated heterocycles. The maximum Gasteiger partial charge on any atom is 0.140 e. The molecule has 1 aliphatic carbocycles. The van der Waals surface area contributed by atoms with E-state index in [-0.39, 0.29) is 0 Å². The van der Waals surface area contributed by atoms with Gasteiger partial charge in [-0.3, -0.25) is 0 Å². The number of hydrogen-bond acceptors (Lipinski definition) is 3. The van der Waals surface area contributed by atoms with Crippen molar-refractivity contribution < 1.29 is 0 Å². The SMILES string of the molecule is CC(C)Cn1ncnc1CNCC1CCCC1. The fourth-order valence-electron chi connectivity index (χ4n) is 2.53. The van der Waals surface area contributed by atoms with Gasteiger partial charge in [0, 0.05) is 6.54 Å². The number of aromatic nitrogens is 3. The minimum atomic E-state index is 0.616. The molecule has 0 amide bonds. The van der Waals surface area contributed by atoms with E-state index in [1.165, 1.54) is 25.7 Å². The lowest BCUT2D eigenvalue weighted by Gasteiger charge is -2.12. The van der Waals surface area contributed by atoms with E-state index in [2.05, 4.69) is 29.2 Å². The Kier molecular flexibility index (Phi) is 4.54. The van der Waals surface area contributed by atoms with Crippen molar-refractivity contribution in [2.45, 2.75) is 52.6 Å². The van der Waals surface area contributed by atoms with Crippen molar-refractivity contribution in [1.82, 2.24) is 20.1 Å². The van der Waals surface area contributed by atoms with Crippen molar-refractivity contribution in [3.8, 4) is 0 Å². The number of rotatable bonds is 6. The Morgan fingerprint density at radius 3 is 2.88 bits per heavy atom. The van der Waals surface area contributed by atoms with Crippen LogP contribution in [-0.2, 0) is 13.1 Å². The van der Waals surface area contributed by atoms with Gasteiger partial charge < -0.3 is 5.32 Å². The van der Waals surface area contributed by atoms with E-state index in [0.717, 1.165) is 31.4 Å². The lowest BCUT2D eigenvalue weighted by molar-refractivity contribution is 0.441. The molecular formula is C13H24N4. The zero-order chi connectivity index (χ0) is 12.1. The quantitative estimate of drug-likeness (QED) is 0.823. The Hall–Kier alpha value is -0.900. The van der Waals surface area contributed by atoms with Gasteiger partial charge in [0.1, 0.15) is 12.2 Å². The molecule has 1 heterocycles. The maximum atomic E-state index is 4.32. The molecule has 2 rings (SSSR count). The Morgan fingerprint density at radius 1 is 1.41 bits per heavy atom. The van der Waals surface area contributed by atoms with Crippen LogP contribution >= 0.6 is 0 Å². The molecule has 0 radical (unpaired) electrons. The first-order valence-corrected chi connectivity index (χ1v) is 6.83. The van der Waals surface area contributed by atoms with Crippen LogP contribution in [0.15, 0.2) is 6.33 Å².